The number of hydrogen-bond donors (Lipinski definition) is 1. The summed E-state index contributed by atoms with van der Waals surface area (Å²) in [6.07, 6.45) is 0. The molecule has 0 saturated carbocycles. The summed E-state index contributed by atoms with van der Waals surface area (Å²) in [6.45, 7) is 7.16. The standard InChI is InChI=1S/C15H24N2O2/c1-15(2,3)19-14(18)11-17(4)10-13-7-5-12(9-16)6-8-13/h5-8H,9-11,16H2,1-4H3. The van der Waals surface area contributed by atoms with E-state index in [2.05, 4.69) is 0 Å². The summed E-state index contributed by atoms with van der Waals surface area (Å²) >= 11 is 0. The van der Waals surface area contributed by atoms with E-state index < -0.39 is 5.60 Å². The second-order valence-electron chi connectivity index (χ2n) is 5.78. The van der Waals surface area contributed by atoms with Gasteiger partial charge in [0.15, 0.2) is 0 Å². The Kier molecular flexibility index (Phi) is 5.51. The second-order valence-corrected chi connectivity index (χ2v) is 5.78. The van der Waals surface area contributed by atoms with Crippen LogP contribution < -0.4 is 5.73 Å². The Morgan fingerprint density at radius 2 is 1.74 bits per heavy atom. The number of benzene rings is 1. The minimum absolute atomic E-state index is 0.200. The summed E-state index contributed by atoms with van der Waals surface area (Å²) < 4.78 is 5.29. The average molecular weight is 264 g/mol. The Morgan fingerprint density at radius 1 is 1.21 bits per heavy atom. The first-order chi connectivity index (χ1) is 8.80. The Morgan fingerprint density at radius 3 is 2.21 bits per heavy atom. The van der Waals surface area contributed by atoms with E-state index in [4.69, 9.17) is 10.5 Å². The first-order valence-electron chi connectivity index (χ1n) is 6.48. The van der Waals surface area contributed by atoms with Gasteiger partial charge in [0.05, 0.1) is 6.54 Å². The molecule has 0 saturated heterocycles. The number of esters is 1. The van der Waals surface area contributed by atoms with Gasteiger partial charge in [0.1, 0.15) is 5.60 Å². The zero-order chi connectivity index (χ0) is 14.5. The van der Waals surface area contributed by atoms with Crippen LogP contribution in [0.15, 0.2) is 24.3 Å². The van der Waals surface area contributed by atoms with Gasteiger partial charge in [-0.05, 0) is 38.9 Å². The molecule has 0 fully saturated rings. The van der Waals surface area contributed by atoms with Crippen LogP contribution in [0.2, 0.25) is 0 Å². The predicted molar refractivity (Wildman–Crippen MR) is 76.5 cm³/mol. The lowest BCUT2D eigenvalue weighted by Crippen LogP contribution is -2.32. The number of nitrogens with two attached hydrogens (primary N) is 1. The average Bonchev–Trinajstić information content (AvgIpc) is 2.27. The molecule has 1 rings (SSSR count). The van der Waals surface area contributed by atoms with E-state index in [0.29, 0.717) is 13.1 Å². The highest BCUT2D eigenvalue weighted by Crippen LogP contribution is 2.09. The summed E-state index contributed by atoms with van der Waals surface area (Å²) in [5.74, 6) is -0.200. The number of carbonyl (C=O) groups is 1. The number of hydrogen-bond acceptors (Lipinski definition) is 4. The molecule has 0 amide bonds. The van der Waals surface area contributed by atoms with Gasteiger partial charge in [-0.25, -0.2) is 0 Å². The van der Waals surface area contributed by atoms with Crippen LogP contribution >= 0.6 is 0 Å². The summed E-state index contributed by atoms with van der Waals surface area (Å²) in [4.78, 5) is 13.6. The van der Waals surface area contributed by atoms with Crippen LogP contribution in [0.25, 0.3) is 0 Å². The fourth-order valence-electron chi connectivity index (χ4n) is 1.74. The summed E-state index contributed by atoms with van der Waals surface area (Å²) in [7, 11) is 1.90. The van der Waals surface area contributed by atoms with Gasteiger partial charge in [0.25, 0.3) is 0 Å². The molecule has 0 aromatic heterocycles. The molecule has 0 spiro atoms. The Labute approximate surface area is 115 Å². The maximum Gasteiger partial charge on any atom is 0.320 e. The second kappa shape index (κ2) is 6.68. The molecular weight excluding hydrogens is 240 g/mol. The molecule has 4 nitrogen and oxygen atoms in total. The lowest BCUT2D eigenvalue weighted by atomic mass is 10.1. The smallest absolute Gasteiger partial charge is 0.320 e. The molecule has 106 valence electrons. The lowest BCUT2D eigenvalue weighted by Gasteiger charge is -2.22. The van der Waals surface area contributed by atoms with Crippen LogP contribution in [0.5, 0.6) is 0 Å². The quantitative estimate of drug-likeness (QED) is 0.826. The van der Waals surface area contributed by atoms with Crippen molar-refractivity contribution in [2.24, 2.45) is 5.73 Å². The molecule has 0 atom stereocenters. The third kappa shape index (κ3) is 6.36. The highest BCUT2D eigenvalue weighted by molar-refractivity contribution is 5.72. The third-order valence-corrected chi connectivity index (χ3v) is 2.53. The first-order valence-corrected chi connectivity index (χ1v) is 6.48. The Balaban J connectivity index is 2.46. The predicted octanol–water partition coefficient (Wildman–Crippen LogP) is 1.92. The maximum atomic E-state index is 11.7. The van der Waals surface area contributed by atoms with Crippen LogP contribution in [-0.2, 0) is 22.6 Å². The highest BCUT2D eigenvalue weighted by Gasteiger charge is 2.17. The topological polar surface area (TPSA) is 55.6 Å². The minimum atomic E-state index is -0.430. The van der Waals surface area contributed by atoms with Crippen molar-refractivity contribution in [1.29, 1.82) is 0 Å². The van der Waals surface area contributed by atoms with Crippen LogP contribution in [-0.4, -0.2) is 30.1 Å². The molecule has 1 aromatic rings. The molecule has 0 aliphatic rings. The lowest BCUT2D eigenvalue weighted by molar-refractivity contribution is -0.155. The largest absolute Gasteiger partial charge is 0.459 e. The zero-order valence-electron chi connectivity index (χ0n) is 12.3. The van der Waals surface area contributed by atoms with Gasteiger partial charge in [-0.1, -0.05) is 24.3 Å². The number of likely N-dealkylation sites (N-methyl/N-ethyl adjacent to an activating group) is 1. The van der Waals surface area contributed by atoms with Crippen LogP contribution in [0.4, 0.5) is 0 Å². The molecule has 0 radical (unpaired) electrons. The van der Waals surface area contributed by atoms with Gasteiger partial charge in [-0.2, -0.15) is 0 Å². The molecule has 0 bridgehead atoms. The number of ether oxygens (including phenoxy) is 1. The molecule has 4 heteroatoms. The number of rotatable bonds is 5. The maximum absolute atomic E-state index is 11.7. The normalized spacial score (nSPS) is 11.7. The van der Waals surface area contributed by atoms with Gasteiger partial charge in [-0.15, -0.1) is 0 Å². The molecule has 2 N–H and O–H groups in total. The molecule has 0 unspecified atom stereocenters. The van der Waals surface area contributed by atoms with Crippen molar-refractivity contribution in [1.82, 2.24) is 4.90 Å². The van der Waals surface area contributed by atoms with Crippen molar-refractivity contribution < 1.29 is 9.53 Å². The first kappa shape index (κ1) is 15.7. The van der Waals surface area contributed by atoms with Gasteiger partial charge in [0, 0.05) is 13.1 Å². The van der Waals surface area contributed by atoms with E-state index in [1.807, 2.05) is 57.0 Å². The molecule has 1 aromatic carbocycles. The SMILES string of the molecule is CN(CC(=O)OC(C)(C)C)Cc1ccc(CN)cc1. The molecule has 0 aliphatic heterocycles. The minimum Gasteiger partial charge on any atom is -0.459 e. The van der Waals surface area contributed by atoms with E-state index in [9.17, 15) is 4.79 Å². The van der Waals surface area contributed by atoms with Crippen molar-refractivity contribution in [3.63, 3.8) is 0 Å². The van der Waals surface area contributed by atoms with Crippen molar-refractivity contribution in [3.8, 4) is 0 Å². The molecule has 19 heavy (non-hydrogen) atoms. The fraction of sp³-hybridized carbons (Fsp3) is 0.533. The van der Waals surface area contributed by atoms with E-state index in [1.54, 1.807) is 0 Å². The van der Waals surface area contributed by atoms with Gasteiger partial charge >= 0.3 is 5.97 Å². The molecule has 0 aliphatic carbocycles. The third-order valence-electron chi connectivity index (χ3n) is 2.53. The van der Waals surface area contributed by atoms with E-state index in [0.717, 1.165) is 11.1 Å². The van der Waals surface area contributed by atoms with Crippen LogP contribution in [0.3, 0.4) is 0 Å². The van der Waals surface area contributed by atoms with E-state index in [1.165, 1.54) is 0 Å². The Bertz CT molecular complexity index is 407. The number of carbonyl (C=O) groups excluding carboxylic acids is 1. The van der Waals surface area contributed by atoms with Crippen LogP contribution in [0.1, 0.15) is 31.9 Å². The summed E-state index contributed by atoms with van der Waals surface area (Å²) in [6, 6.07) is 8.09. The highest BCUT2D eigenvalue weighted by atomic mass is 16.6. The van der Waals surface area contributed by atoms with Gasteiger partial charge < -0.3 is 10.5 Å². The molecular formula is C15H24N2O2. The summed E-state index contributed by atoms with van der Waals surface area (Å²) in [5.41, 5.74) is 7.39. The fourth-order valence-corrected chi connectivity index (χ4v) is 1.74. The van der Waals surface area contributed by atoms with Crippen molar-refractivity contribution in [3.05, 3.63) is 35.4 Å². The Hall–Kier alpha value is -1.39. The van der Waals surface area contributed by atoms with Crippen molar-refractivity contribution >= 4 is 5.97 Å². The van der Waals surface area contributed by atoms with Gasteiger partial charge in [-0.3, -0.25) is 9.69 Å². The molecule has 0 heterocycles. The summed E-state index contributed by atoms with van der Waals surface area (Å²) in [5, 5.41) is 0. The number of nitrogens with zero attached hydrogens (tertiary/aromatic N) is 1. The van der Waals surface area contributed by atoms with Crippen molar-refractivity contribution in [2.45, 2.75) is 39.5 Å². The van der Waals surface area contributed by atoms with Crippen LogP contribution in [0, 0.1) is 0 Å². The monoisotopic (exact) mass is 264 g/mol. The van der Waals surface area contributed by atoms with Gasteiger partial charge in [0.2, 0.25) is 0 Å². The zero-order valence-corrected chi connectivity index (χ0v) is 12.3. The van der Waals surface area contributed by atoms with Crippen molar-refractivity contribution in [2.75, 3.05) is 13.6 Å². The van der Waals surface area contributed by atoms with E-state index in [-0.39, 0.29) is 12.5 Å². The van der Waals surface area contributed by atoms with E-state index >= 15 is 0 Å².